The molecule has 0 spiro atoms. The minimum absolute atomic E-state index is 0.116. The molecule has 0 N–H and O–H groups in total. The van der Waals surface area contributed by atoms with Gasteiger partial charge in [-0.05, 0) is 111 Å². The summed E-state index contributed by atoms with van der Waals surface area (Å²) in [6.45, 7) is 7.76. The second-order valence-electron chi connectivity index (χ2n) is 11.2. The van der Waals surface area contributed by atoms with Crippen molar-refractivity contribution >= 4 is 5.97 Å². The molecule has 0 amide bonds. The molecule has 0 saturated heterocycles. The van der Waals surface area contributed by atoms with Crippen molar-refractivity contribution in [3.63, 3.8) is 0 Å². The van der Waals surface area contributed by atoms with Gasteiger partial charge in [0.1, 0.15) is 6.61 Å². The van der Waals surface area contributed by atoms with Crippen LogP contribution in [-0.2, 0) is 9.53 Å². The van der Waals surface area contributed by atoms with E-state index in [0.717, 1.165) is 23.7 Å². The number of esters is 1. The van der Waals surface area contributed by atoms with Crippen molar-refractivity contribution in [2.45, 2.75) is 85.0 Å². The lowest BCUT2D eigenvalue weighted by Gasteiger charge is -2.60. The van der Waals surface area contributed by atoms with Crippen LogP contribution in [0.3, 0.4) is 0 Å². The van der Waals surface area contributed by atoms with Gasteiger partial charge >= 0.3 is 5.97 Å². The van der Waals surface area contributed by atoms with E-state index in [0.29, 0.717) is 17.9 Å². The zero-order chi connectivity index (χ0) is 19.5. The summed E-state index contributed by atoms with van der Waals surface area (Å²) in [6.07, 6.45) is 18.6. The van der Waals surface area contributed by atoms with E-state index in [9.17, 15) is 4.79 Å². The maximum atomic E-state index is 11.8. The molecule has 0 aromatic heterocycles. The number of fused-ring (bicyclic) bond motifs is 5. The molecule has 5 rings (SSSR count). The molecule has 154 valence electrons. The molecule has 4 fully saturated rings. The first kappa shape index (κ1) is 18.9. The van der Waals surface area contributed by atoms with Gasteiger partial charge in [-0.25, -0.2) is 4.79 Å². The second kappa shape index (κ2) is 6.74. The highest BCUT2D eigenvalue weighted by atomic mass is 16.5. The minimum atomic E-state index is -0.116. The third-order valence-electron chi connectivity index (χ3n) is 9.86. The van der Waals surface area contributed by atoms with Gasteiger partial charge in [-0.3, -0.25) is 0 Å². The summed E-state index contributed by atoms with van der Waals surface area (Å²) >= 11 is 0. The number of hydrogen-bond donors (Lipinski definition) is 0. The fourth-order valence-corrected chi connectivity index (χ4v) is 8.96. The van der Waals surface area contributed by atoms with Gasteiger partial charge < -0.3 is 4.74 Å². The molecule has 2 nitrogen and oxygen atoms in total. The standard InChI is InChI=1S/C26H38O2/c1-17(2)15-26-13-11-22-20(8-7-19-6-4-5-12-25(19,22)3)23(26)10-9-21(26)18-14-24(27)28-16-18/h14-15,19-23H,4-13,16H2,1-3H3/t19?,20-,21-,22+,23-,25+,26+/m1/s1. The number of cyclic esters (lactones) is 1. The molecule has 4 aliphatic carbocycles. The molecule has 0 aromatic carbocycles. The number of hydrogen-bond acceptors (Lipinski definition) is 2. The molecule has 7 atom stereocenters. The van der Waals surface area contributed by atoms with Gasteiger partial charge in [0.25, 0.3) is 0 Å². The van der Waals surface area contributed by atoms with Crippen molar-refractivity contribution in [2.24, 2.45) is 40.4 Å². The van der Waals surface area contributed by atoms with Crippen LogP contribution in [0.4, 0.5) is 0 Å². The van der Waals surface area contributed by atoms with Gasteiger partial charge in [-0.1, -0.05) is 31.4 Å². The van der Waals surface area contributed by atoms with E-state index in [-0.39, 0.29) is 11.4 Å². The summed E-state index contributed by atoms with van der Waals surface area (Å²) in [7, 11) is 0. The Labute approximate surface area is 171 Å². The van der Waals surface area contributed by atoms with Gasteiger partial charge in [0.2, 0.25) is 0 Å². The largest absolute Gasteiger partial charge is 0.458 e. The van der Waals surface area contributed by atoms with Crippen LogP contribution < -0.4 is 0 Å². The van der Waals surface area contributed by atoms with Crippen molar-refractivity contribution in [3.05, 3.63) is 23.3 Å². The molecule has 0 radical (unpaired) electrons. The predicted octanol–water partition coefficient (Wildman–Crippen LogP) is 6.46. The van der Waals surface area contributed by atoms with Crippen molar-refractivity contribution in [2.75, 3.05) is 6.61 Å². The summed E-state index contributed by atoms with van der Waals surface area (Å²) in [5.41, 5.74) is 3.62. The monoisotopic (exact) mass is 382 g/mol. The van der Waals surface area contributed by atoms with Crippen molar-refractivity contribution in [3.8, 4) is 0 Å². The van der Waals surface area contributed by atoms with Crippen LogP contribution in [0.5, 0.6) is 0 Å². The first-order valence-corrected chi connectivity index (χ1v) is 12.0. The van der Waals surface area contributed by atoms with Crippen LogP contribution >= 0.6 is 0 Å². The first-order valence-electron chi connectivity index (χ1n) is 12.0. The summed E-state index contributed by atoms with van der Waals surface area (Å²) < 4.78 is 5.35. The smallest absolute Gasteiger partial charge is 0.331 e. The summed E-state index contributed by atoms with van der Waals surface area (Å²) in [6, 6.07) is 0. The third-order valence-corrected chi connectivity index (χ3v) is 9.86. The molecule has 0 bridgehead atoms. The average Bonchev–Trinajstić information content (AvgIpc) is 3.23. The number of carbonyl (C=O) groups is 1. The Bertz CT molecular complexity index is 714. The zero-order valence-electron chi connectivity index (χ0n) is 18.1. The van der Waals surface area contributed by atoms with Crippen LogP contribution in [0, 0.1) is 40.4 Å². The summed E-state index contributed by atoms with van der Waals surface area (Å²) in [5.74, 6) is 4.03. The Morgan fingerprint density at radius 1 is 1.04 bits per heavy atom. The second-order valence-corrected chi connectivity index (χ2v) is 11.2. The Kier molecular flexibility index (Phi) is 4.56. The van der Waals surface area contributed by atoms with Crippen LogP contribution in [0.2, 0.25) is 0 Å². The van der Waals surface area contributed by atoms with E-state index in [4.69, 9.17) is 4.74 Å². The normalized spacial score (nSPS) is 47.5. The molecule has 5 aliphatic rings. The highest BCUT2D eigenvalue weighted by Gasteiger charge is 2.61. The first-order chi connectivity index (χ1) is 13.4. The van der Waals surface area contributed by atoms with E-state index >= 15 is 0 Å². The Morgan fingerprint density at radius 2 is 1.89 bits per heavy atom. The predicted molar refractivity (Wildman–Crippen MR) is 113 cm³/mol. The van der Waals surface area contributed by atoms with E-state index in [1.54, 1.807) is 0 Å². The van der Waals surface area contributed by atoms with Gasteiger partial charge in [-0.2, -0.15) is 0 Å². The molecule has 1 aliphatic heterocycles. The molecule has 2 heteroatoms. The summed E-state index contributed by atoms with van der Waals surface area (Å²) in [5, 5.41) is 0. The number of carbonyl (C=O) groups excluding carboxylic acids is 1. The Balaban J connectivity index is 1.51. The number of rotatable bonds is 2. The van der Waals surface area contributed by atoms with Crippen LogP contribution in [0.15, 0.2) is 23.3 Å². The van der Waals surface area contributed by atoms with Gasteiger partial charge in [0, 0.05) is 6.08 Å². The van der Waals surface area contributed by atoms with Crippen molar-refractivity contribution < 1.29 is 9.53 Å². The SMILES string of the molecule is CC(C)=C[C@]12CC[C@H]3[C@@H](CCC4CCCC[C@@]43C)[C@H]1CC[C@@H]2C1=CC(=O)OC1. The van der Waals surface area contributed by atoms with Gasteiger partial charge in [-0.15, -0.1) is 0 Å². The topological polar surface area (TPSA) is 26.3 Å². The van der Waals surface area contributed by atoms with Crippen LogP contribution in [0.1, 0.15) is 85.0 Å². The third kappa shape index (κ3) is 2.69. The lowest BCUT2D eigenvalue weighted by molar-refractivity contribution is -0.135. The van der Waals surface area contributed by atoms with Crippen LogP contribution in [0.25, 0.3) is 0 Å². The minimum Gasteiger partial charge on any atom is -0.458 e. The maximum Gasteiger partial charge on any atom is 0.331 e. The fraction of sp³-hybridized carbons (Fsp3) is 0.808. The van der Waals surface area contributed by atoms with Crippen LogP contribution in [-0.4, -0.2) is 12.6 Å². The molecular weight excluding hydrogens is 344 g/mol. The molecule has 1 unspecified atom stereocenters. The van der Waals surface area contributed by atoms with E-state index < -0.39 is 0 Å². The molecule has 0 aromatic rings. The van der Waals surface area contributed by atoms with Gasteiger partial charge in [0.05, 0.1) is 0 Å². The molecular formula is C26H38O2. The highest BCUT2D eigenvalue weighted by Crippen LogP contribution is 2.69. The van der Waals surface area contributed by atoms with Crippen molar-refractivity contribution in [1.29, 1.82) is 0 Å². The molecule has 4 saturated carbocycles. The van der Waals surface area contributed by atoms with E-state index in [1.165, 1.54) is 75.4 Å². The Morgan fingerprint density at radius 3 is 2.64 bits per heavy atom. The molecule has 28 heavy (non-hydrogen) atoms. The van der Waals surface area contributed by atoms with E-state index in [2.05, 4.69) is 26.8 Å². The zero-order valence-corrected chi connectivity index (χ0v) is 18.1. The number of allylic oxidation sites excluding steroid dienone is 2. The van der Waals surface area contributed by atoms with E-state index in [1.807, 2.05) is 6.08 Å². The highest BCUT2D eigenvalue weighted by molar-refractivity contribution is 5.85. The lowest BCUT2D eigenvalue weighted by Crippen LogP contribution is -2.53. The Hall–Kier alpha value is -1.05. The average molecular weight is 383 g/mol. The van der Waals surface area contributed by atoms with Gasteiger partial charge in [0.15, 0.2) is 0 Å². The lowest BCUT2D eigenvalue weighted by atomic mass is 9.44. The maximum absolute atomic E-state index is 11.8. The molecule has 1 heterocycles. The summed E-state index contributed by atoms with van der Waals surface area (Å²) in [4.78, 5) is 11.8. The fourth-order valence-electron chi connectivity index (χ4n) is 8.96. The quantitative estimate of drug-likeness (QED) is 0.404. The number of ether oxygens (including phenoxy) is 1. The van der Waals surface area contributed by atoms with Crippen molar-refractivity contribution in [1.82, 2.24) is 0 Å².